The van der Waals surface area contributed by atoms with Gasteiger partial charge in [-0.15, -0.1) is 0 Å². The smallest absolute Gasteiger partial charge is 0.0546 e. The van der Waals surface area contributed by atoms with E-state index < -0.39 is 0 Å². The predicted molar refractivity (Wildman–Crippen MR) is 79.9 cm³/mol. The third-order valence-corrected chi connectivity index (χ3v) is 5.39. The van der Waals surface area contributed by atoms with Crippen LogP contribution in [-0.4, -0.2) is 42.3 Å². The van der Waals surface area contributed by atoms with Crippen LogP contribution in [0.2, 0.25) is 0 Å². The van der Waals surface area contributed by atoms with Gasteiger partial charge in [0.15, 0.2) is 0 Å². The van der Waals surface area contributed by atoms with Crippen molar-refractivity contribution >= 4 is 0 Å². The van der Waals surface area contributed by atoms with Gasteiger partial charge >= 0.3 is 0 Å². The lowest BCUT2D eigenvalue weighted by molar-refractivity contribution is 0.00799. The second-order valence-electron chi connectivity index (χ2n) is 6.96. The van der Waals surface area contributed by atoms with E-state index in [-0.39, 0.29) is 6.10 Å². The lowest BCUT2D eigenvalue weighted by atomic mass is 9.75. The number of hydrogen-bond acceptors (Lipinski definition) is 3. The molecule has 0 amide bonds. The molecular formula is C16H32N2O. The first-order valence-corrected chi connectivity index (χ1v) is 8.22. The minimum absolute atomic E-state index is 0.0251. The maximum Gasteiger partial charge on any atom is 0.0546 e. The molecule has 2 rings (SSSR count). The van der Waals surface area contributed by atoms with E-state index in [4.69, 9.17) is 5.73 Å². The minimum atomic E-state index is -0.0251. The van der Waals surface area contributed by atoms with Crippen molar-refractivity contribution in [2.45, 2.75) is 64.0 Å². The van der Waals surface area contributed by atoms with E-state index in [1.807, 2.05) is 0 Å². The van der Waals surface area contributed by atoms with Gasteiger partial charge in [0.05, 0.1) is 6.10 Å². The van der Waals surface area contributed by atoms with E-state index in [9.17, 15) is 5.11 Å². The zero-order chi connectivity index (χ0) is 13.8. The average Bonchev–Trinajstić information content (AvgIpc) is 2.37. The first kappa shape index (κ1) is 15.3. The Labute approximate surface area is 118 Å². The highest BCUT2D eigenvalue weighted by Gasteiger charge is 2.35. The molecule has 0 radical (unpaired) electrons. The van der Waals surface area contributed by atoms with Crippen molar-refractivity contribution in [3.63, 3.8) is 0 Å². The molecule has 2 aliphatic carbocycles. The summed E-state index contributed by atoms with van der Waals surface area (Å²) in [4.78, 5) is 2.55. The summed E-state index contributed by atoms with van der Waals surface area (Å²) >= 11 is 0. The molecule has 0 aromatic carbocycles. The summed E-state index contributed by atoms with van der Waals surface area (Å²) in [6, 6.07) is 0.674. The second kappa shape index (κ2) is 7.05. The summed E-state index contributed by atoms with van der Waals surface area (Å²) in [6.07, 6.45) is 8.69. The van der Waals surface area contributed by atoms with Gasteiger partial charge in [0, 0.05) is 12.6 Å². The Balaban J connectivity index is 1.85. The van der Waals surface area contributed by atoms with E-state index in [0.29, 0.717) is 17.9 Å². The fourth-order valence-electron chi connectivity index (χ4n) is 4.17. The number of aliphatic hydroxyl groups is 1. The Morgan fingerprint density at radius 1 is 1.16 bits per heavy atom. The van der Waals surface area contributed by atoms with Crippen molar-refractivity contribution in [1.82, 2.24) is 4.90 Å². The van der Waals surface area contributed by atoms with Crippen molar-refractivity contribution in [1.29, 1.82) is 0 Å². The molecule has 2 fully saturated rings. The van der Waals surface area contributed by atoms with Crippen molar-refractivity contribution in [3.05, 3.63) is 0 Å². The fraction of sp³-hybridized carbons (Fsp3) is 1.00. The Bertz CT molecular complexity index is 265. The zero-order valence-corrected chi connectivity index (χ0v) is 12.7. The topological polar surface area (TPSA) is 49.5 Å². The third kappa shape index (κ3) is 3.93. The van der Waals surface area contributed by atoms with Gasteiger partial charge in [-0.05, 0) is 57.0 Å². The lowest BCUT2D eigenvalue weighted by Crippen LogP contribution is -2.48. The molecule has 19 heavy (non-hydrogen) atoms. The lowest BCUT2D eigenvalue weighted by Gasteiger charge is -2.44. The fourth-order valence-corrected chi connectivity index (χ4v) is 4.17. The van der Waals surface area contributed by atoms with E-state index in [1.165, 1.54) is 32.1 Å². The van der Waals surface area contributed by atoms with Crippen LogP contribution >= 0.6 is 0 Å². The molecule has 0 heterocycles. The minimum Gasteiger partial charge on any atom is -0.393 e. The number of nitrogens with two attached hydrogens (primary N) is 1. The molecule has 0 bridgehead atoms. The molecule has 3 atom stereocenters. The van der Waals surface area contributed by atoms with Gasteiger partial charge in [-0.1, -0.05) is 26.2 Å². The Hall–Kier alpha value is -0.120. The highest BCUT2D eigenvalue weighted by molar-refractivity contribution is 4.89. The van der Waals surface area contributed by atoms with Gasteiger partial charge in [-0.3, -0.25) is 0 Å². The molecule has 0 aliphatic heterocycles. The molecule has 0 spiro atoms. The maximum atomic E-state index is 9.41. The van der Waals surface area contributed by atoms with Gasteiger partial charge in [-0.25, -0.2) is 0 Å². The van der Waals surface area contributed by atoms with Gasteiger partial charge in [0.2, 0.25) is 0 Å². The molecule has 3 nitrogen and oxygen atoms in total. The normalized spacial score (nSPS) is 39.3. The van der Waals surface area contributed by atoms with Crippen LogP contribution in [0, 0.1) is 17.8 Å². The number of rotatable bonds is 6. The van der Waals surface area contributed by atoms with Gasteiger partial charge in [-0.2, -0.15) is 0 Å². The van der Waals surface area contributed by atoms with Gasteiger partial charge in [0.1, 0.15) is 0 Å². The van der Waals surface area contributed by atoms with Crippen LogP contribution in [0.15, 0.2) is 0 Å². The quantitative estimate of drug-likeness (QED) is 0.776. The molecule has 2 saturated carbocycles. The summed E-state index contributed by atoms with van der Waals surface area (Å²) in [5, 5.41) is 9.41. The van der Waals surface area contributed by atoms with E-state index in [1.54, 1.807) is 0 Å². The predicted octanol–water partition coefficient (Wildman–Crippen LogP) is 2.23. The number of nitrogens with zero attached hydrogens (tertiary/aromatic N) is 1. The first-order chi connectivity index (χ1) is 9.13. The van der Waals surface area contributed by atoms with E-state index in [0.717, 1.165) is 31.8 Å². The standard InChI is InChI=1S/C16H32N2O/c1-3-4-12-5-6-14(10-17)16(9-12)18(2)11-13-7-15(19)8-13/h12-16,19H,3-11,17H2,1-2H3. The molecular weight excluding hydrogens is 236 g/mol. The van der Waals surface area contributed by atoms with Crippen LogP contribution in [0.5, 0.6) is 0 Å². The van der Waals surface area contributed by atoms with Crippen LogP contribution in [0.1, 0.15) is 51.9 Å². The van der Waals surface area contributed by atoms with Crippen LogP contribution < -0.4 is 5.73 Å². The summed E-state index contributed by atoms with van der Waals surface area (Å²) in [6.45, 7) is 4.28. The summed E-state index contributed by atoms with van der Waals surface area (Å²) in [5.74, 6) is 2.31. The summed E-state index contributed by atoms with van der Waals surface area (Å²) in [5.41, 5.74) is 5.98. The van der Waals surface area contributed by atoms with Crippen molar-refractivity contribution < 1.29 is 5.11 Å². The van der Waals surface area contributed by atoms with Gasteiger partial charge in [0.25, 0.3) is 0 Å². The Morgan fingerprint density at radius 3 is 2.47 bits per heavy atom. The highest BCUT2D eigenvalue weighted by atomic mass is 16.3. The van der Waals surface area contributed by atoms with Crippen LogP contribution in [0.3, 0.4) is 0 Å². The van der Waals surface area contributed by atoms with E-state index in [2.05, 4.69) is 18.9 Å². The monoisotopic (exact) mass is 268 g/mol. The molecule has 3 unspecified atom stereocenters. The van der Waals surface area contributed by atoms with Crippen molar-refractivity contribution in [3.8, 4) is 0 Å². The van der Waals surface area contributed by atoms with Crippen molar-refractivity contribution in [2.24, 2.45) is 23.5 Å². The molecule has 0 saturated heterocycles. The van der Waals surface area contributed by atoms with Crippen LogP contribution in [0.4, 0.5) is 0 Å². The molecule has 3 heteroatoms. The zero-order valence-electron chi connectivity index (χ0n) is 12.7. The molecule has 2 aliphatic rings. The SMILES string of the molecule is CCCC1CCC(CN)C(N(C)CC2CC(O)C2)C1. The van der Waals surface area contributed by atoms with Crippen molar-refractivity contribution in [2.75, 3.05) is 20.1 Å². The largest absolute Gasteiger partial charge is 0.393 e. The average molecular weight is 268 g/mol. The molecule has 3 N–H and O–H groups in total. The highest BCUT2D eigenvalue weighted by Crippen LogP contribution is 2.35. The van der Waals surface area contributed by atoms with Crippen LogP contribution in [-0.2, 0) is 0 Å². The third-order valence-electron chi connectivity index (χ3n) is 5.39. The first-order valence-electron chi connectivity index (χ1n) is 8.22. The summed E-state index contributed by atoms with van der Waals surface area (Å²) in [7, 11) is 2.27. The molecule has 0 aromatic rings. The maximum absolute atomic E-state index is 9.41. The van der Waals surface area contributed by atoms with Gasteiger partial charge < -0.3 is 15.7 Å². The number of hydrogen-bond donors (Lipinski definition) is 2. The Kier molecular flexibility index (Phi) is 5.67. The molecule has 112 valence electrons. The van der Waals surface area contributed by atoms with E-state index >= 15 is 0 Å². The Morgan fingerprint density at radius 2 is 1.89 bits per heavy atom. The number of aliphatic hydroxyl groups excluding tert-OH is 1. The molecule has 0 aromatic heterocycles. The summed E-state index contributed by atoms with van der Waals surface area (Å²) < 4.78 is 0. The second-order valence-corrected chi connectivity index (χ2v) is 6.96. The van der Waals surface area contributed by atoms with Crippen LogP contribution in [0.25, 0.3) is 0 Å².